The number of fused-ring (bicyclic) bond motifs is 8. The van der Waals surface area contributed by atoms with Crippen molar-refractivity contribution in [3.05, 3.63) is 152 Å². The molecule has 7 aromatic carbocycles. The number of hydrogen-bond acceptors (Lipinski definition) is 3. The monoisotopic (exact) mass is 563 g/mol. The van der Waals surface area contributed by atoms with E-state index in [9.17, 15) is 0 Å². The second-order valence-corrected chi connectivity index (χ2v) is 11.2. The second kappa shape index (κ2) is 9.82. The highest BCUT2D eigenvalue weighted by Gasteiger charge is 2.20. The maximum Gasteiger partial charge on any atom is 0.263 e. The maximum absolute atomic E-state index is 6.11. The molecule has 0 fully saturated rings. The Balaban J connectivity index is 1.10. The lowest BCUT2D eigenvalue weighted by Gasteiger charge is -2.20. The minimum absolute atomic E-state index is 0.489. The lowest BCUT2D eigenvalue weighted by atomic mass is 9.91. The first-order chi connectivity index (χ1) is 21.8. The fraction of sp³-hybridized carbons (Fsp3) is 0. The van der Waals surface area contributed by atoms with Crippen molar-refractivity contribution in [3.8, 4) is 56.5 Å². The summed E-state index contributed by atoms with van der Waals surface area (Å²) >= 11 is 0. The Morgan fingerprint density at radius 2 is 0.841 bits per heavy atom. The summed E-state index contributed by atoms with van der Waals surface area (Å²) < 4.78 is 12.1. The lowest BCUT2D eigenvalue weighted by molar-refractivity contribution is 0.348. The van der Waals surface area contributed by atoms with Gasteiger partial charge in [0.2, 0.25) is 0 Å². The van der Waals surface area contributed by atoms with Gasteiger partial charge in [0.1, 0.15) is 0 Å². The van der Waals surface area contributed by atoms with E-state index < -0.39 is 0 Å². The minimum atomic E-state index is 0.489. The molecule has 9 rings (SSSR count). The third-order valence-corrected chi connectivity index (χ3v) is 8.58. The Morgan fingerprint density at radius 3 is 1.48 bits per heavy atom. The first kappa shape index (κ1) is 24.6. The van der Waals surface area contributed by atoms with Crippen LogP contribution in [0.15, 0.2) is 152 Å². The van der Waals surface area contributed by atoms with Crippen LogP contribution in [-0.4, -0.2) is 4.98 Å². The summed E-state index contributed by atoms with van der Waals surface area (Å²) in [5.41, 5.74) is 6.90. The first-order valence-corrected chi connectivity index (χ1v) is 14.8. The van der Waals surface area contributed by atoms with Gasteiger partial charge in [0.25, 0.3) is 5.88 Å². The van der Waals surface area contributed by atoms with Gasteiger partial charge in [0.15, 0.2) is 17.2 Å². The predicted molar refractivity (Wildman–Crippen MR) is 180 cm³/mol. The number of hydrogen-bond donors (Lipinski definition) is 0. The predicted octanol–water partition coefficient (Wildman–Crippen LogP) is 11.4. The number of nitrogens with zero attached hydrogens (tertiary/aromatic N) is 1. The number of pyridine rings is 1. The fourth-order valence-electron chi connectivity index (χ4n) is 6.45. The molecule has 3 heteroatoms. The fourth-order valence-corrected chi connectivity index (χ4v) is 6.45. The van der Waals surface area contributed by atoms with Crippen molar-refractivity contribution in [1.82, 2.24) is 4.98 Å². The summed E-state index contributed by atoms with van der Waals surface area (Å²) in [5, 5.41) is 7.72. The van der Waals surface area contributed by atoms with Gasteiger partial charge in [-0.25, -0.2) is 4.98 Å². The maximum atomic E-state index is 6.11. The number of aromatic nitrogens is 1. The van der Waals surface area contributed by atoms with Crippen molar-refractivity contribution in [2.75, 3.05) is 0 Å². The highest BCUT2D eigenvalue weighted by Crippen LogP contribution is 2.45. The van der Waals surface area contributed by atoms with Crippen LogP contribution in [-0.2, 0) is 0 Å². The van der Waals surface area contributed by atoms with Crippen LogP contribution in [0.2, 0.25) is 0 Å². The van der Waals surface area contributed by atoms with Gasteiger partial charge in [-0.1, -0.05) is 103 Å². The molecule has 44 heavy (non-hydrogen) atoms. The molecule has 1 aliphatic heterocycles. The quantitative estimate of drug-likeness (QED) is 0.200. The summed E-state index contributed by atoms with van der Waals surface area (Å²) in [7, 11) is 0. The zero-order chi connectivity index (χ0) is 29.0. The van der Waals surface area contributed by atoms with Crippen molar-refractivity contribution >= 4 is 32.3 Å². The van der Waals surface area contributed by atoms with E-state index >= 15 is 0 Å². The van der Waals surface area contributed by atoms with Crippen LogP contribution in [0.25, 0.3) is 65.7 Å². The number of rotatable bonds is 3. The molecule has 2 heterocycles. The van der Waals surface area contributed by atoms with Gasteiger partial charge in [0, 0.05) is 6.20 Å². The Kier molecular flexibility index (Phi) is 5.50. The number of benzene rings is 7. The molecule has 206 valence electrons. The van der Waals surface area contributed by atoms with E-state index in [2.05, 4.69) is 126 Å². The van der Waals surface area contributed by atoms with Crippen LogP contribution in [0.4, 0.5) is 0 Å². The molecular weight excluding hydrogens is 538 g/mol. The second-order valence-electron chi connectivity index (χ2n) is 11.2. The highest BCUT2D eigenvalue weighted by atomic mass is 16.6. The molecule has 1 aromatic heterocycles. The zero-order valence-electron chi connectivity index (χ0n) is 23.7. The molecular formula is C41H25NO2. The lowest BCUT2D eigenvalue weighted by Crippen LogP contribution is -2.00. The Morgan fingerprint density at radius 1 is 0.318 bits per heavy atom. The average Bonchev–Trinajstić information content (AvgIpc) is 3.10. The van der Waals surface area contributed by atoms with E-state index in [4.69, 9.17) is 9.47 Å². The van der Waals surface area contributed by atoms with Gasteiger partial charge >= 0.3 is 0 Å². The molecule has 0 saturated carbocycles. The molecule has 0 aliphatic carbocycles. The van der Waals surface area contributed by atoms with Crippen molar-refractivity contribution in [1.29, 1.82) is 0 Å². The van der Waals surface area contributed by atoms with Crippen LogP contribution < -0.4 is 9.47 Å². The van der Waals surface area contributed by atoms with Crippen molar-refractivity contribution in [3.63, 3.8) is 0 Å². The smallest absolute Gasteiger partial charge is 0.263 e. The minimum Gasteiger partial charge on any atom is -0.448 e. The SMILES string of the molecule is c1cc(-c2cccc(-c3ccc4c5ccccc5c5ccccc5c4c3)c2)cc(-c2ccc3c(c2)Oc2cccnc2O3)c1. The standard InChI is InChI=1S/C41H25NO2/c1-2-14-34-32(12-1)33-13-3-4-15-35(33)37-24-30(17-19-36(34)37)28-10-5-8-26(22-28)27-9-6-11-29(23-27)31-18-20-38-40(25-31)43-39-16-7-21-42-41(39)44-38/h1-25H. The van der Waals surface area contributed by atoms with E-state index in [1.807, 2.05) is 24.3 Å². The van der Waals surface area contributed by atoms with E-state index in [-0.39, 0.29) is 0 Å². The first-order valence-electron chi connectivity index (χ1n) is 14.8. The molecule has 1 aliphatic rings. The van der Waals surface area contributed by atoms with Gasteiger partial charge in [-0.3, -0.25) is 0 Å². The topological polar surface area (TPSA) is 31.4 Å². The molecule has 0 unspecified atom stereocenters. The summed E-state index contributed by atoms with van der Waals surface area (Å²) in [5.74, 6) is 2.46. The van der Waals surface area contributed by atoms with Crippen LogP contribution in [0.5, 0.6) is 23.1 Å². The Labute approximate surface area is 254 Å². The molecule has 3 nitrogen and oxygen atoms in total. The highest BCUT2D eigenvalue weighted by molar-refractivity contribution is 6.25. The van der Waals surface area contributed by atoms with E-state index in [0.29, 0.717) is 23.1 Å². The summed E-state index contributed by atoms with van der Waals surface area (Å²) in [6.07, 6.45) is 1.70. The van der Waals surface area contributed by atoms with Crippen LogP contribution >= 0.6 is 0 Å². The van der Waals surface area contributed by atoms with E-state index in [0.717, 1.165) is 16.7 Å². The zero-order valence-corrected chi connectivity index (χ0v) is 23.7. The van der Waals surface area contributed by atoms with Gasteiger partial charge in [-0.15, -0.1) is 0 Å². The molecule has 8 aromatic rings. The van der Waals surface area contributed by atoms with Crippen LogP contribution in [0.1, 0.15) is 0 Å². The third-order valence-electron chi connectivity index (χ3n) is 8.58. The molecule has 0 atom stereocenters. The van der Waals surface area contributed by atoms with Gasteiger partial charge in [-0.2, -0.15) is 0 Å². The molecule has 0 amide bonds. The van der Waals surface area contributed by atoms with Crippen molar-refractivity contribution in [2.45, 2.75) is 0 Å². The summed E-state index contributed by atoms with van der Waals surface area (Å²) in [4.78, 5) is 4.27. The van der Waals surface area contributed by atoms with E-state index in [1.165, 1.54) is 49.0 Å². The Hall–Kier alpha value is -5.93. The normalized spacial score (nSPS) is 12.0. The van der Waals surface area contributed by atoms with E-state index in [1.54, 1.807) is 6.20 Å². The van der Waals surface area contributed by atoms with Crippen molar-refractivity contribution in [2.24, 2.45) is 0 Å². The molecule has 0 spiro atoms. The molecule has 0 N–H and O–H groups in total. The Bertz CT molecular complexity index is 2370. The third kappa shape index (κ3) is 4.02. The largest absolute Gasteiger partial charge is 0.448 e. The number of ether oxygens (including phenoxy) is 2. The van der Waals surface area contributed by atoms with Gasteiger partial charge in [0.05, 0.1) is 0 Å². The molecule has 0 radical (unpaired) electrons. The molecule has 0 bridgehead atoms. The summed E-state index contributed by atoms with van der Waals surface area (Å²) in [6, 6.07) is 51.5. The van der Waals surface area contributed by atoms with Crippen LogP contribution in [0, 0.1) is 0 Å². The summed E-state index contributed by atoms with van der Waals surface area (Å²) in [6.45, 7) is 0. The average molecular weight is 564 g/mol. The van der Waals surface area contributed by atoms with Gasteiger partial charge in [-0.05, 0) is 108 Å². The molecule has 0 saturated heterocycles. The van der Waals surface area contributed by atoms with Gasteiger partial charge < -0.3 is 9.47 Å². The van der Waals surface area contributed by atoms with Crippen LogP contribution in [0.3, 0.4) is 0 Å². The van der Waals surface area contributed by atoms with Crippen molar-refractivity contribution < 1.29 is 9.47 Å².